The third kappa shape index (κ3) is 3.41. The highest BCUT2D eigenvalue weighted by Crippen LogP contribution is 2.29. The maximum Gasteiger partial charge on any atom is 0.244 e. The molecular weight excluding hydrogens is 350 g/mol. The van der Waals surface area contributed by atoms with Crippen molar-refractivity contribution in [3.63, 3.8) is 0 Å². The molecule has 3 rings (SSSR count). The van der Waals surface area contributed by atoms with Crippen molar-refractivity contribution in [3.05, 3.63) is 63.9 Å². The van der Waals surface area contributed by atoms with Gasteiger partial charge in [-0.1, -0.05) is 41.4 Å². The van der Waals surface area contributed by atoms with Gasteiger partial charge in [-0.05, 0) is 31.2 Å². The van der Waals surface area contributed by atoms with E-state index in [1.54, 1.807) is 41.3 Å². The zero-order valence-corrected chi connectivity index (χ0v) is 14.7. The number of benzene rings is 2. The Bertz CT molecular complexity index is 768. The van der Waals surface area contributed by atoms with Crippen LogP contribution in [0.2, 0.25) is 10.0 Å². The lowest BCUT2D eigenvalue weighted by molar-refractivity contribution is -0.125. The van der Waals surface area contributed by atoms with E-state index in [0.29, 0.717) is 35.2 Å². The molecule has 1 atom stereocenters. The van der Waals surface area contributed by atoms with Crippen molar-refractivity contribution in [2.24, 2.45) is 0 Å². The van der Waals surface area contributed by atoms with E-state index in [1.807, 2.05) is 11.8 Å². The summed E-state index contributed by atoms with van der Waals surface area (Å²) in [6, 6.07) is 11.5. The van der Waals surface area contributed by atoms with Gasteiger partial charge in [-0.15, -0.1) is 0 Å². The lowest BCUT2D eigenvalue weighted by Gasteiger charge is -2.39. The van der Waals surface area contributed by atoms with E-state index in [0.717, 1.165) is 5.69 Å². The Morgan fingerprint density at radius 1 is 1.12 bits per heavy atom. The van der Waals surface area contributed by atoms with Crippen LogP contribution in [0.3, 0.4) is 0 Å². The van der Waals surface area contributed by atoms with Gasteiger partial charge in [0.15, 0.2) is 0 Å². The predicted octanol–water partition coefficient (Wildman–Crippen LogP) is 4.37. The van der Waals surface area contributed by atoms with Crippen molar-refractivity contribution in [2.45, 2.75) is 19.5 Å². The quantitative estimate of drug-likeness (QED) is 0.804. The molecule has 1 aliphatic heterocycles. The molecule has 0 aliphatic carbocycles. The van der Waals surface area contributed by atoms with Gasteiger partial charge in [-0.3, -0.25) is 9.69 Å². The van der Waals surface area contributed by atoms with Crippen LogP contribution in [-0.4, -0.2) is 29.9 Å². The van der Waals surface area contributed by atoms with E-state index < -0.39 is 0 Å². The lowest BCUT2D eigenvalue weighted by atomic mass is 10.1. The van der Waals surface area contributed by atoms with Crippen LogP contribution in [0.15, 0.2) is 42.5 Å². The molecule has 0 N–H and O–H groups in total. The molecule has 1 saturated heterocycles. The minimum Gasteiger partial charge on any atom is -0.310 e. The molecule has 0 bridgehead atoms. The largest absolute Gasteiger partial charge is 0.310 e. The van der Waals surface area contributed by atoms with Crippen molar-refractivity contribution < 1.29 is 9.18 Å². The van der Waals surface area contributed by atoms with Crippen molar-refractivity contribution >= 4 is 34.8 Å². The monoisotopic (exact) mass is 366 g/mol. The Labute approximate surface area is 150 Å². The molecule has 3 nitrogen and oxygen atoms in total. The van der Waals surface area contributed by atoms with Crippen LogP contribution in [0.1, 0.15) is 12.5 Å². The van der Waals surface area contributed by atoms with E-state index in [1.165, 1.54) is 6.07 Å². The Morgan fingerprint density at radius 2 is 1.88 bits per heavy atom. The first-order valence-electron chi connectivity index (χ1n) is 7.71. The molecule has 0 radical (unpaired) electrons. The van der Waals surface area contributed by atoms with Gasteiger partial charge < -0.3 is 4.90 Å². The molecule has 2 aromatic rings. The zero-order valence-electron chi connectivity index (χ0n) is 13.2. The summed E-state index contributed by atoms with van der Waals surface area (Å²) >= 11 is 12.0. The summed E-state index contributed by atoms with van der Waals surface area (Å²) in [5.74, 6) is -0.278. The third-order valence-electron chi connectivity index (χ3n) is 4.33. The summed E-state index contributed by atoms with van der Waals surface area (Å²) in [7, 11) is 0. The van der Waals surface area contributed by atoms with E-state index >= 15 is 0 Å². The molecule has 0 unspecified atom stereocenters. The number of rotatable bonds is 3. The van der Waals surface area contributed by atoms with Gasteiger partial charge in [0.05, 0.1) is 16.1 Å². The Morgan fingerprint density at radius 3 is 2.58 bits per heavy atom. The fourth-order valence-corrected chi connectivity index (χ4v) is 3.18. The molecule has 24 heavy (non-hydrogen) atoms. The SMILES string of the molecule is C[C@@H]1C(=O)N(c2ccc(Cl)c(Cl)c2)CCN1Cc1ccccc1F. The van der Waals surface area contributed by atoms with Gasteiger partial charge >= 0.3 is 0 Å². The van der Waals surface area contributed by atoms with Gasteiger partial charge in [0.25, 0.3) is 0 Å². The molecule has 0 spiro atoms. The highest BCUT2D eigenvalue weighted by Gasteiger charge is 2.32. The summed E-state index contributed by atoms with van der Waals surface area (Å²) in [6.45, 7) is 3.43. The van der Waals surface area contributed by atoms with Crippen LogP contribution in [-0.2, 0) is 11.3 Å². The fourth-order valence-electron chi connectivity index (χ4n) is 2.88. The zero-order chi connectivity index (χ0) is 17.3. The van der Waals surface area contributed by atoms with Crippen LogP contribution in [0.25, 0.3) is 0 Å². The third-order valence-corrected chi connectivity index (χ3v) is 5.07. The number of carbonyl (C=O) groups excluding carboxylic acids is 1. The van der Waals surface area contributed by atoms with E-state index in [4.69, 9.17) is 23.2 Å². The first-order chi connectivity index (χ1) is 11.5. The first kappa shape index (κ1) is 17.2. The molecule has 0 saturated carbocycles. The predicted molar refractivity (Wildman–Crippen MR) is 95.1 cm³/mol. The smallest absolute Gasteiger partial charge is 0.244 e. The summed E-state index contributed by atoms with van der Waals surface area (Å²) in [4.78, 5) is 16.4. The number of halogens is 3. The van der Waals surface area contributed by atoms with Gasteiger partial charge in [-0.25, -0.2) is 4.39 Å². The van der Waals surface area contributed by atoms with E-state index in [9.17, 15) is 9.18 Å². The standard InChI is InChI=1S/C18H17Cl2FN2O/c1-12-18(24)23(14-6-7-15(19)16(20)10-14)9-8-22(12)11-13-4-2-3-5-17(13)21/h2-7,10,12H,8-9,11H2,1H3/t12-/m1/s1. The number of amides is 1. The van der Waals surface area contributed by atoms with Crippen molar-refractivity contribution in [2.75, 3.05) is 18.0 Å². The fraction of sp³-hybridized carbons (Fsp3) is 0.278. The molecule has 0 aromatic heterocycles. The Hall–Kier alpha value is -1.62. The number of carbonyl (C=O) groups is 1. The summed E-state index contributed by atoms with van der Waals surface area (Å²) in [6.07, 6.45) is 0. The van der Waals surface area contributed by atoms with Crippen LogP contribution in [0.5, 0.6) is 0 Å². The number of piperazine rings is 1. The molecule has 6 heteroatoms. The molecule has 1 heterocycles. The molecule has 1 fully saturated rings. The average molecular weight is 367 g/mol. The lowest BCUT2D eigenvalue weighted by Crippen LogP contribution is -2.55. The number of nitrogens with zero attached hydrogens (tertiary/aromatic N) is 2. The van der Waals surface area contributed by atoms with Crippen molar-refractivity contribution in [3.8, 4) is 0 Å². The van der Waals surface area contributed by atoms with Crippen LogP contribution in [0.4, 0.5) is 10.1 Å². The topological polar surface area (TPSA) is 23.6 Å². The second-order valence-corrected chi connectivity index (χ2v) is 6.64. The van der Waals surface area contributed by atoms with Gasteiger partial charge in [0, 0.05) is 30.9 Å². The van der Waals surface area contributed by atoms with E-state index in [-0.39, 0.29) is 17.8 Å². The summed E-state index contributed by atoms with van der Waals surface area (Å²) in [5, 5.41) is 0.877. The Kier molecular flexibility index (Phi) is 5.09. The molecule has 126 valence electrons. The van der Waals surface area contributed by atoms with Crippen LogP contribution >= 0.6 is 23.2 Å². The summed E-state index contributed by atoms with van der Waals surface area (Å²) < 4.78 is 13.8. The maximum atomic E-state index is 13.8. The Balaban J connectivity index is 1.76. The molecule has 1 aliphatic rings. The minimum absolute atomic E-state index is 0.0315. The first-order valence-corrected chi connectivity index (χ1v) is 8.47. The maximum absolute atomic E-state index is 13.8. The second kappa shape index (κ2) is 7.09. The minimum atomic E-state index is -0.340. The number of hydrogen-bond donors (Lipinski definition) is 0. The average Bonchev–Trinajstić information content (AvgIpc) is 2.57. The van der Waals surface area contributed by atoms with E-state index in [2.05, 4.69) is 0 Å². The summed E-state index contributed by atoms with van der Waals surface area (Å²) in [5.41, 5.74) is 1.33. The highest BCUT2D eigenvalue weighted by molar-refractivity contribution is 6.42. The normalized spacial score (nSPS) is 18.9. The van der Waals surface area contributed by atoms with Crippen molar-refractivity contribution in [1.29, 1.82) is 0 Å². The molecular formula is C18H17Cl2FN2O. The highest BCUT2D eigenvalue weighted by atomic mass is 35.5. The van der Waals surface area contributed by atoms with Gasteiger partial charge in [0.1, 0.15) is 5.82 Å². The van der Waals surface area contributed by atoms with Gasteiger partial charge in [0.2, 0.25) is 5.91 Å². The molecule has 1 amide bonds. The second-order valence-electron chi connectivity index (χ2n) is 5.83. The number of anilines is 1. The van der Waals surface area contributed by atoms with Gasteiger partial charge in [-0.2, -0.15) is 0 Å². The number of hydrogen-bond acceptors (Lipinski definition) is 2. The van der Waals surface area contributed by atoms with Crippen LogP contribution < -0.4 is 4.90 Å². The van der Waals surface area contributed by atoms with Crippen molar-refractivity contribution in [1.82, 2.24) is 4.90 Å². The van der Waals surface area contributed by atoms with Crippen LogP contribution in [0, 0.1) is 5.82 Å². The molecule has 2 aromatic carbocycles.